The molecule has 4 N–H and O–H groups in total. The van der Waals surface area contributed by atoms with Gasteiger partial charge in [0.05, 0.1) is 18.4 Å². The Morgan fingerprint density at radius 1 is 1.21 bits per heavy atom. The van der Waals surface area contributed by atoms with Crippen molar-refractivity contribution in [2.75, 3.05) is 10.6 Å². The van der Waals surface area contributed by atoms with Gasteiger partial charge in [-0.15, -0.1) is 0 Å². The largest absolute Gasteiger partial charge is 0.393 e. The van der Waals surface area contributed by atoms with E-state index in [1.165, 1.54) is 0 Å². The van der Waals surface area contributed by atoms with Gasteiger partial charge in [-0.2, -0.15) is 0 Å². The van der Waals surface area contributed by atoms with Gasteiger partial charge in [0.15, 0.2) is 5.82 Å². The minimum Gasteiger partial charge on any atom is -0.393 e. The molecule has 7 heteroatoms. The molecule has 7 nitrogen and oxygen atoms in total. The lowest BCUT2D eigenvalue weighted by atomic mass is 9.93. The van der Waals surface area contributed by atoms with E-state index in [1.54, 1.807) is 6.20 Å². The second kappa shape index (κ2) is 7.27. The summed E-state index contributed by atoms with van der Waals surface area (Å²) in [6.45, 7) is 3.95. The van der Waals surface area contributed by atoms with Gasteiger partial charge in [0.25, 0.3) is 0 Å². The molecule has 1 aliphatic carbocycles. The molecule has 0 saturated heterocycles. The van der Waals surface area contributed by atoms with Crippen molar-refractivity contribution in [3.63, 3.8) is 0 Å². The topological polar surface area (TPSA) is 103 Å². The Bertz CT molecular complexity index is 699. The summed E-state index contributed by atoms with van der Waals surface area (Å²) in [6, 6.07) is 2.31. The first-order valence-electron chi connectivity index (χ1n) is 8.54. The molecule has 0 amide bonds. The van der Waals surface area contributed by atoms with E-state index in [9.17, 15) is 10.2 Å². The van der Waals surface area contributed by atoms with Crippen LogP contribution in [0.3, 0.4) is 0 Å². The van der Waals surface area contributed by atoms with Crippen LogP contribution in [0.5, 0.6) is 0 Å². The first-order valence-corrected chi connectivity index (χ1v) is 8.54. The molecular weight excluding hydrogens is 306 g/mol. The van der Waals surface area contributed by atoms with E-state index in [0.717, 1.165) is 36.6 Å². The van der Waals surface area contributed by atoms with Gasteiger partial charge in [-0.05, 0) is 45.6 Å². The highest BCUT2D eigenvalue weighted by molar-refractivity contribution is 5.88. The molecule has 0 aliphatic heterocycles. The van der Waals surface area contributed by atoms with Crippen LogP contribution >= 0.6 is 0 Å². The molecule has 0 atom stereocenters. The summed E-state index contributed by atoms with van der Waals surface area (Å²) in [7, 11) is 0. The van der Waals surface area contributed by atoms with Crippen LogP contribution in [-0.4, -0.2) is 43.4 Å². The molecule has 0 aromatic carbocycles. The normalized spacial score (nSPS) is 21.2. The number of pyridine rings is 1. The van der Waals surface area contributed by atoms with Crippen molar-refractivity contribution >= 4 is 22.7 Å². The van der Waals surface area contributed by atoms with E-state index in [0.29, 0.717) is 17.5 Å². The number of hydrogen-bond acceptors (Lipinski definition) is 7. The fourth-order valence-corrected chi connectivity index (χ4v) is 3.02. The second-order valence-electron chi connectivity index (χ2n) is 6.70. The Balaban J connectivity index is 1.88. The molecule has 1 fully saturated rings. The van der Waals surface area contributed by atoms with Crippen LogP contribution in [0, 0.1) is 0 Å². The Morgan fingerprint density at radius 2 is 1.96 bits per heavy atom. The van der Waals surface area contributed by atoms with Crippen LogP contribution in [0.1, 0.15) is 45.2 Å². The molecule has 24 heavy (non-hydrogen) atoms. The molecule has 1 aliphatic rings. The monoisotopic (exact) mass is 331 g/mol. The summed E-state index contributed by atoms with van der Waals surface area (Å²) in [5, 5.41) is 26.5. The standard InChI is InChI=1S/C17H25N5O2/c1-10(2)19-16-15-11(7-13(9-23)20-16)8-18-17(22-15)21-12-3-5-14(24)6-4-12/h7-8,10,12,14,23-24H,3-6,9H2,1-2H3,(H,19,20)(H,18,21,22)/t12-,14-. The van der Waals surface area contributed by atoms with Crippen molar-refractivity contribution in [2.24, 2.45) is 0 Å². The molecule has 130 valence electrons. The zero-order valence-electron chi connectivity index (χ0n) is 14.2. The van der Waals surface area contributed by atoms with E-state index in [1.807, 2.05) is 19.9 Å². The number of nitrogens with zero attached hydrogens (tertiary/aromatic N) is 3. The number of aromatic nitrogens is 3. The van der Waals surface area contributed by atoms with Gasteiger partial charge in [-0.3, -0.25) is 0 Å². The van der Waals surface area contributed by atoms with E-state index < -0.39 is 0 Å². The van der Waals surface area contributed by atoms with Crippen molar-refractivity contribution in [3.8, 4) is 0 Å². The van der Waals surface area contributed by atoms with Gasteiger partial charge in [0.2, 0.25) is 5.95 Å². The van der Waals surface area contributed by atoms with Gasteiger partial charge < -0.3 is 20.8 Å². The molecule has 2 heterocycles. The summed E-state index contributed by atoms with van der Waals surface area (Å²) in [5.41, 5.74) is 1.34. The van der Waals surface area contributed by atoms with Crippen LogP contribution in [-0.2, 0) is 6.61 Å². The number of hydrogen-bond donors (Lipinski definition) is 4. The smallest absolute Gasteiger partial charge is 0.223 e. The third kappa shape index (κ3) is 3.91. The number of rotatable bonds is 5. The zero-order valence-corrected chi connectivity index (χ0v) is 14.2. The van der Waals surface area contributed by atoms with Crippen LogP contribution in [0.25, 0.3) is 10.9 Å². The molecule has 2 aromatic heterocycles. The average Bonchev–Trinajstić information content (AvgIpc) is 2.56. The molecule has 0 unspecified atom stereocenters. The maximum absolute atomic E-state index is 9.61. The molecule has 1 saturated carbocycles. The van der Waals surface area contributed by atoms with Crippen molar-refractivity contribution in [3.05, 3.63) is 18.0 Å². The highest BCUT2D eigenvalue weighted by Crippen LogP contribution is 2.24. The van der Waals surface area contributed by atoms with Crippen molar-refractivity contribution in [1.82, 2.24) is 15.0 Å². The van der Waals surface area contributed by atoms with Crippen molar-refractivity contribution in [1.29, 1.82) is 0 Å². The predicted molar refractivity (Wildman–Crippen MR) is 93.9 cm³/mol. The van der Waals surface area contributed by atoms with E-state index in [-0.39, 0.29) is 24.8 Å². The third-order valence-corrected chi connectivity index (χ3v) is 4.24. The fourth-order valence-electron chi connectivity index (χ4n) is 3.02. The first-order chi connectivity index (χ1) is 11.5. The van der Waals surface area contributed by atoms with Crippen LogP contribution in [0.2, 0.25) is 0 Å². The lowest BCUT2D eigenvalue weighted by Gasteiger charge is -2.26. The SMILES string of the molecule is CC(C)Nc1nc(CO)cc2cnc(N[C@H]3CC[C@H](O)CC3)nc12. The highest BCUT2D eigenvalue weighted by atomic mass is 16.3. The third-order valence-electron chi connectivity index (χ3n) is 4.24. The Labute approximate surface area is 141 Å². The first kappa shape index (κ1) is 16.9. The maximum atomic E-state index is 9.61. The summed E-state index contributed by atoms with van der Waals surface area (Å²) in [5.74, 6) is 1.24. The minimum absolute atomic E-state index is 0.118. The predicted octanol–water partition coefficient (Wildman–Crippen LogP) is 2.05. The fraction of sp³-hybridized carbons (Fsp3) is 0.588. The number of aliphatic hydroxyl groups is 2. The summed E-state index contributed by atoms with van der Waals surface area (Å²) < 4.78 is 0. The zero-order chi connectivity index (χ0) is 17.1. The van der Waals surface area contributed by atoms with E-state index in [4.69, 9.17) is 0 Å². The summed E-state index contributed by atoms with van der Waals surface area (Å²) >= 11 is 0. The van der Waals surface area contributed by atoms with Crippen molar-refractivity contribution in [2.45, 2.75) is 64.3 Å². The second-order valence-corrected chi connectivity index (χ2v) is 6.70. The maximum Gasteiger partial charge on any atom is 0.223 e. The molecule has 3 rings (SSSR count). The minimum atomic E-state index is -0.177. The highest BCUT2D eigenvalue weighted by Gasteiger charge is 2.20. The molecule has 0 spiro atoms. The molecule has 2 aromatic rings. The summed E-state index contributed by atoms with van der Waals surface area (Å²) in [6.07, 6.45) is 5.04. The van der Waals surface area contributed by atoms with Gasteiger partial charge >= 0.3 is 0 Å². The Kier molecular flexibility index (Phi) is 5.11. The van der Waals surface area contributed by atoms with Gasteiger partial charge in [-0.25, -0.2) is 15.0 Å². The van der Waals surface area contributed by atoms with Gasteiger partial charge in [-0.1, -0.05) is 0 Å². The summed E-state index contributed by atoms with van der Waals surface area (Å²) in [4.78, 5) is 13.5. The number of fused-ring (bicyclic) bond motifs is 1. The quantitative estimate of drug-likeness (QED) is 0.665. The average molecular weight is 331 g/mol. The lowest BCUT2D eigenvalue weighted by molar-refractivity contribution is 0.126. The van der Waals surface area contributed by atoms with Gasteiger partial charge in [0.1, 0.15) is 5.52 Å². The van der Waals surface area contributed by atoms with Gasteiger partial charge in [0, 0.05) is 23.7 Å². The molecule has 0 radical (unpaired) electrons. The van der Waals surface area contributed by atoms with Crippen molar-refractivity contribution < 1.29 is 10.2 Å². The van der Waals surface area contributed by atoms with Crippen LogP contribution < -0.4 is 10.6 Å². The Hall–Kier alpha value is -1.99. The Morgan fingerprint density at radius 3 is 2.62 bits per heavy atom. The number of nitrogens with one attached hydrogen (secondary N) is 2. The number of anilines is 2. The lowest BCUT2D eigenvalue weighted by Crippen LogP contribution is -2.28. The molecular formula is C17H25N5O2. The van der Waals surface area contributed by atoms with E-state index >= 15 is 0 Å². The number of aliphatic hydroxyl groups excluding tert-OH is 2. The van der Waals surface area contributed by atoms with E-state index in [2.05, 4.69) is 25.6 Å². The van der Waals surface area contributed by atoms with Crippen LogP contribution in [0.4, 0.5) is 11.8 Å². The molecule has 0 bridgehead atoms. The van der Waals surface area contributed by atoms with Crippen LogP contribution in [0.15, 0.2) is 12.3 Å².